The van der Waals surface area contributed by atoms with E-state index in [1.165, 1.54) is 51.3 Å². The lowest BCUT2D eigenvalue weighted by Crippen LogP contribution is -2.46. The molecule has 5 heteroatoms. The monoisotopic (exact) mass is 280 g/mol. The molecule has 2 aliphatic rings. The fourth-order valence-corrected chi connectivity index (χ4v) is 3.40. The molecule has 1 saturated heterocycles. The first-order valence-electron chi connectivity index (χ1n) is 7.35. The average molecular weight is 280 g/mol. The molecule has 1 aromatic rings. The normalized spacial score (nSPS) is 23.7. The second-order valence-corrected chi connectivity index (χ2v) is 6.88. The molecular weight excluding hydrogens is 256 g/mol. The third kappa shape index (κ3) is 3.75. The summed E-state index contributed by atoms with van der Waals surface area (Å²) in [4.78, 5) is 9.76. The van der Waals surface area contributed by atoms with Gasteiger partial charge in [-0.25, -0.2) is 4.98 Å². The Labute approximate surface area is 119 Å². The number of nitrogens with two attached hydrogens (primary N) is 1. The number of piperazine rings is 1. The molecule has 2 fully saturated rings. The van der Waals surface area contributed by atoms with E-state index in [4.69, 9.17) is 5.73 Å². The van der Waals surface area contributed by atoms with Crippen molar-refractivity contribution in [1.82, 2.24) is 14.8 Å². The fourth-order valence-electron chi connectivity index (χ4n) is 2.63. The van der Waals surface area contributed by atoms with Crippen LogP contribution in [0.5, 0.6) is 0 Å². The molecule has 1 atom stereocenters. The maximum atomic E-state index is 5.86. The van der Waals surface area contributed by atoms with Gasteiger partial charge < -0.3 is 10.6 Å². The Balaban J connectivity index is 1.45. The molecule has 0 radical (unpaired) electrons. The first-order chi connectivity index (χ1) is 9.20. The van der Waals surface area contributed by atoms with Gasteiger partial charge in [0.1, 0.15) is 5.01 Å². The van der Waals surface area contributed by atoms with Crippen molar-refractivity contribution in [3.05, 3.63) is 16.1 Å². The molecule has 2 N–H and O–H groups in total. The van der Waals surface area contributed by atoms with E-state index >= 15 is 0 Å². The van der Waals surface area contributed by atoms with Crippen LogP contribution in [0, 0.1) is 5.92 Å². The van der Waals surface area contributed by atoms with Gasteiger partial charge in [0.15, 0.2) is 0 Å². The highest BCUT2D eigenvalue weighted by atomic mass is 32.1. The summed E-state index contributed by atoms with van der Waals surface area (Å²) in [5.74, 6) is 1.01. The average Bonchev–Trinajstić information content (AvgIpc) is 3.08. The molecule has 0 bridgehead atoms. The van der Waals surface area contributed by atoms with E-state index in [9.17, 15) is 0 Å². The summed E-state index contributed by atoms with van der Waals surface area (Å²) < 4.78 is 0. The molecule has 0 spiro atoms. The van der Waals surface area contributed by atoms with Crippen molar-refractivity contribution in [3.8, 4) is 0 Å². The van der Waals surface area contributed by atoms with Crippen molar-refractivity contribution in [3.63, 3.8) is 0 Å². The Bertz CT molecular complexity index is 405. The molecule has 1 aliphatic carbocycles. The Morgan fingerprint density at radius 3 is 2.58 bits per heavy atom. The lowest BCUT2D eigenvalue weighted by Gasteiger charge is -2.34. The third-order valence-electron chi connectivity index (χ3n) is 4.02. The summed E-state index contributed by atoms with van der Waals surface area (Å²) in [5, 5.41) is 3.22. The van der Waals surface area contributed by atoms with Gasteiger partial charge in [-0.1, -0.05) is 0 Å². The topological polar surface area (TPSA) is 45.4 Å². The molecule has 1 aliphatic heterocycles. The quantitative estimate of drug-likeness (QED) is 0.891. The summed E-state index contributed by atoms with van der Waals surface area (Å²) in [7, 11) is 0. The zero-order valence-corrected chi connectivity index (χ0v) is 12.5. The number of rotatable bonds is 5. The van der Waals surface area contributed by atoms with E-state index in [1.54, 1.807) is 11.3 Å². The lowest BCUT2D eigenvalue weighted by atomic mass is 10.2. The summed E-state index contributed by atoms with van der Waals surface area (Å²) in [6.07, 6.45) is 2.91. The lowest BCUT2D eigenvalue weighted by molar-refractivity contribution is 0.122. The van der Waals surface area contributed by atoms with Gasteiger partial charge in [-0.2, -0.15) is 0 Å². The van der Waals surface area contributed by atoms with Gasteiger partial charge in [0.2, 0.25) is 0 Å². The van der Waals surface area contributed by atoms with Crippen LogP contribution in [0.3, 0.4) is 0 Å². The van der Waals surface area contributed by atoms with Gasteiger partial charge >= 0.3 is 0 Å². The molecule has 1 saturated carbocycles. The molecule has 2 heterocycles. The molecule has 1 unspecified atom stereocenters. The Hall–Kier alpha value is -0.490. The Morgan fingerprint density at radius 1 is 1.32 bits per heavy atom. The van der Waals surface area contributed by atoms with Crippen LogP contribution in [0.1, 0.15) is 36.5 Å². The maximum absolute atomic E-state index is 5.86. The van der Waals surface area contributed by atoms with Gasteiger partial charge in [0.05, 0.1) is 11.7 Å². The predicted octanol–water partition coefficient (Wildman–Crippen LogP) is 1.69. The molecular formula is C14H24N4S. The minimum Gasteiger partial charge on any atom is -0.322 e. The van der Waals surface area contributed by atoms with Crippen molar-refractivity contribution in [1.29, 1.82) is 0 Å². The van der Waals surface area contributed by atoms with Crippen molar-refractivity contribution in [2.45, 2.75) is 32.4 Å². The van der Waals surface area contributed by atoms with Gasteiger partial charge in [0, 0.05) is 44.6 Å². The van der Waals surface area contributed by atoms with Crippen LogP contribution < -0.4 is 5.73 Å². The largest absolute Gasteiger partial charge is 0.322 e. The van der Waals surface area contributed by atoms with E-state index < -0.39 is 0 Å². The summed E-state index contributed by atoms with van der Waals surface area (Å²) >= 11 is 1.69. The molecule has 0 amide bonds. The van der Waals surface area contributed by atoms with Crippen LogP contribution in [0.2, 0.25) is 0 Å². The maximum Gasteiger partial charge on any atom is 0.109 e. The number of thiazole rings is 1. The molecule has 106 valence electrons. The van der Waals surface area contributed by atoms with E-state index in [0.717, 1.165) is 17.5 Å². The highest BCUT2D eigenvalue weighted by molar-refractivity contribution is 7.09. The summed E-state index contributed by atoms with van der Waals surface area (Å²) in [6.45, 7) is 9.12. The van der Waals surface area contributed by atoms with E-state index in [0.29, 0.717) is 0 Å². The van der Waals surface area contributed by atoms with Gasteiger partial charge in [0.25, 0.3) is 0 Å². The second kappa shape index (κ2) is 5.87. The van der Waals surface area contributed by atoms with Crippen LogP contribution in [0.15, 0.2) is 5.38 Å². The molecule has 3 rings (SSSR count). The number of hydrogen-bond acceptors (Lipinski definition) is 5. The highest BCUT2D eigenvalue weighted by Gasteiger charge is 2.26. The van der Waals surface area contributed by atoms with Crippen molar-refractivity contribution in [2.75, 3.05) is 32.7 Å². The molecule has 4 nitrogen and oxygen atoms in total. The molecule has 19 heavy (non-hydrogen) atoms. The number of nitrogens with zero attached hydrogens (tertiary/aromatic N) is 3. The standard InChI is InChI=1S/C14H24N4S/c1-11(15)14-16-13(10-19-14)9-18-6-4-17(5-7-18)8-12-2-3-12/h10-12H,2-9,15H2,1H3. The van der Waals surface area contributed by atoms with Gasteiger partial charge in [-0.15, -0.1) is 11.3 Å². The van der Waals surface area contributed by atoms with E-state index in [-0.39, 0.29) is 6.04 Å². The first kappa shape index (κ1) is 13.5. The zero-order chi connectivity index (χ0) is 13.2. The van der Waals surface area contributed by atoms with Crippen LogP contribution in [0.4, 0.5) is 0 Å². The number of aromatic nitrogens is 1. The minimum atomic E-state index is 0.0640. The SMILES string of the molecule is CC(N)c1nc(CN2CCN(CC3CC3)CC2)cs1. The third-order valence-corrected chi connectivity index (χ3v) is 5.12. The summed E-state index contributed by atoms with van der Waals surface area (Å²) in [5.41, 5.74) is 7.05. The fraction of sp³-hybridized carbons (Fsp3) is 0.786. The number of hydrogen-bond donors (Lipinski definition) is 1. The smallest absolute Gasteiger partial charge is 0.109 e. The first-order valence-corrected chi connectivity index (χ1v) is 8.23. The van der Waals surface area contributed by atoms with E-state index in [2.05, 4.69) is 20.2 Å². The van der Waals surface area contributed by atoms with Crippen molar-refractivity contribution >= 4 is 11.3 Å². The van der Waals surface area contributed by atoms with Crippen molar-refractivity contribution in [2.24, 2.45) is 11.7 Å². The Kier molecular flexibility index (Phi) is 4.17. The summed E-state index contributed by atoms with van der Waals surface area (Å²) in [6, 6.07) is 0.0640. The van der Waals surface area contributed by atoms with Crippen LogP contribution >= 0.6 is 11.3 Å². The van der Waals surface area contributed by atoms with Gasteiger partial charge in [-0.3, -0.25) is 4.90 Å². The Morgan fingerprint density at radius 2 is 2.00 bits per heavy atom. The van der Waals surface area contributed by atoms with Crippen LogP contribution in [0.25, 0.3) is 0 Å². The zero-order valence-electron chi connectivity index (χ0n) is 11.7. The second-order valence-electron chi connectivity index (χ2n) is 5.99. The van der Waals surface area contributed by atoms with Gasteiger partial charge in [-0.05, 0) is 25.7 Å². The predicted molar refractivity (Wildman–Crippen MR) is 79.2 cm³/mol. The minimum absolute atomic E-state index is 0.0640. The molecule has 1 aromatic heterocycles. The highest BCUT2D eigenvalue weighted by Crippen LogP contribution is 2.30. The van der Waals surface area contributed by atoms with Crippen LogP contribution in [-0.4, -0.2) is 47.5 Å². The van der Waals surface area contributed by atoms with E-state index in [1.807, 2.05) is 6.92 Å². The molecule has 0 aromatic carbocycles. The van der Waals surface area contributed by atoms with Crippen LogP contribution in [-0.2, 0) is 6.54 Å². The van der Waals surface area contributed by atoms with Crippen molar-refractivity contribution < 1.29 is 0 Å².